The van der Waals surface area contributed by atoms with Crippen LogP contribution in [0.25, 0.3) is 0 Å². The predicted octanol–water partition coefficient (Wildman–Crippen LogP) is 3.70. The molecule has 1 saturated heterocycles. The van der Waals surface area contributed by atoms with Gasteiger partial charge in [0.2, 0.25) is 0 Å². The van der Waals surface area contributed by atoms with E-state index in [1.807, 2.05) is 12.1 Å². The molecule has 1 N–H and O–H groups in total. The molecular formula is C17H26FNO. The van der Waals surface area contributed by atoms with Gasteiger partial charge in [-0.25, -0.2) is 4.39 Å². The third-order valence-electron chi connectivity index (χ3n) is 3.99. The van der Waals surface area contributed by atoms with Crippen molar-refractivity contribution in [3.63, 3.8) is 0 Å². The summed E-state index contributed by atoms with van der Waals surface area (Å²) in [7, 11) is 0. The van der Waals surface area contributed by atoms with Gasteiger partial charge in [-0.15, -0.1) is 0 Å². The zero-order chi connectivity index (χ0) is 14.2. The highest BCUT2D eigenvalue weighted by Gasteiger charge is 2.16. The molecule has 2 unspecified atom stereocenters. The van der Waals surface area contributed by atoms with E-state index in [4.69, 9.17) is 4.74 Å². The lowest BCUT2D eigenvalue weighted by Crippen LogP contribution is -2.31. The van der Waals surface area contributed by atoms with Crippen LogP contribution in [0.1, 0.15) is 44.6 Å². The number of benzene rings is 1. The second kappa shape index (κ2) is 8.38. The van der Waals surface area contributed by atoms with Crippen molar-refractivity contribution >= 4 is 0 Å². The fourth-order valence-corrected chi connectivity index (χ4v) is 2.93. The van der Waals surface area contributed by atoms with Gasteiger partial charge in [0.15, 0.2) is 0 Å². The summed E-state index contributed by atoms with van der Waals surface area (Å²) >= 11 is 0. The van der Waals surface area contributed by atoms with Crippen molar-refractivity contribution in [2.75, 3.05) is 13.2 Å². The average molecular weight is 279 g/mol. The van der Waals surface area contributed by atoms with Gasteiger partial charge < -0.3 is 10.1 Å². The van der Waals surface area contributed by atoms with Gasteiger partial charge in [0.05, 0.1) is 6.10 Å². The van der Waals surface area contributed by atoms with Crippen molar-refractivity contribution in [1.82, 2.24) is 5.32 Å². The van der Waals surface area contributed by atoms with E-state index in [1.54, 1.807) is 12.1 Å². The molecule has 1 heterocycles. The van der Waals surface area contributed by atoms with Gasteiger partial charge in [-0.2, -0.15) is 0 Å². The standard InChI is InChI=1S/C17H26FNO/c1-2-19-16(5-3-6-17-7-4-12-20-17)13-14-8-10-15(18)11-9-14/h8-11,16-17,19H,2-7,12-13H2,1H3. The lowest BCUT2D eigenvalue weighted by Gasteiger charge is -2.19. The van der Waals surface area contributed by atoms with Gasteiger partial charge in [-0.3, -0.25) is 0 Å². The number of ether oxygens (including phenoxy) is 1. The number of hydrogen-bond acceptors (Lipinski definition) is 2. The lowest BCUT2D eigenvalue weighted by atomic mass is 9.99. The maximum Gasteiger partial charge on any atom is 0.123 e. The van der Waals surface area contributed by atoms with E-state index < -0.39 is 0 Å². The first-order valence-corrected chi connectivity index (χ1v) is 7.87. The van der Waals surface area contributed by atoms with E-state index in [2.05, 4.69) is 12.2 Å². The van der Waals surface area contributed by atoms with Crippen molar-refractivity contribution in [3.05, 3.63) is 35.6 Å². The molecule has 0 aromatic heterocycles. The highest BCUT2D eigenvalue weighted by molar-refractivity contribution is 5.17. The molecule has 0 saturated carbocycles. The minimum absolute atomic E-state index is 0.160. The molecule has 2 atom stereocenters. The normalized spacial score (nSPS) is 20.2. The van der Waals surface area contributed by atoms with Crippen LogP contribution >= 0.6 is 0 Å². The molecule has 0 spiro atoms. The monoisotopic (exact) mass is 279 g/mol. The van der Waals surface area contributed by atoms with Crippen LogP contribution in [0, 0.1) is 5.82 Å². The Labute approximate surface area is 121 Å². The molecule has 1 aromatic carbocycles. The molecular weight excluding hydrogens is 253 g/mol. The fraction of sp³-hybridized carbons (Fsp3) is 0.647. The van der Waals surface area contributed by atoms with Crippen LogP contribution in [-0.2, 0) is 11.2 Å². The summed E-state index contributed by atoms with van der Waals surface area (Å²) in [6.45, 7) is 4.06. The Morgan fingerprint density at radius 2 is 2.15 bits per heavy atom. The van der Waals surface area contributed by atoms with Crippen LogP contribution in [0.15, 0.2) is 24.3 Å². The number of likely N-dealkylation sites (N-methyl/N-ethyl adjacent to an activating group) is 1. The summed E-state index contributed by atoms with van der Waals surface area (Å²) in [5, 5.41) is 3.54. The summed E-state index contributed by atoms with van der Waals surface area (Å²) < 4.78 is 18.6. The minimum Gasteiger partial charge on any atom is -0.378 e. The molecule has 0 bridgehead atoms. The largest absolute Gasteiger partial charge is 0.378 e. The van der Waals surface area contributed by atoms with Crippen LogP contribution in [0.2, 0.25) is 0 Å². The Morgan fingerprint density at radius 1 is 1.35 bits per heavy atom. The van der Waals surface area contributed by atoms with E-state index in [1.165, 1.54) is 31.2 Å². The molecule has 3 heteroatoms. The summed E-state index contributed by atoms with van der Waals surface area (Å²) in [4.78, 5) is 0. The summed E-state index contributed by atoms with van der Waals surface area (Å²) in [5.74, 6) is -0.160. The zero-order valence-corrected chi connectivity index (χ0v) is 12.4. The smallest absolute Gasteiger partial charge is 0.123 e. The quantitative estimate of drug-likeness (QED) is 0.783. The maximum absolute atomic E-state index is 12.9. The molecule has 20 heavy (non-hydrogen) atoms. The molecule has 1 aliphatic rings. The van der Waals surface area contributed by atoms with Gasteiger partial charge in [0.25, 0.3) is 0 Å². The van der Waals surface area contributed by atoms with Crippen molar-refractivity contribution in [3.8, 4) is 0 Å². The van der Waals surface area contributed by atoms with Crippen molar-refractivity contribution in [2.24, 2.45) is 0 Å². The fourth-order valence-electron chi connectivity index (χ4n) is 2.93. The van der Waals surface area contributed by atoms with Gasteiger partial charge in [0, 0.05) is 12.6 Å². The molecule has 0 amide bonds. The number of hydrogen-bond donors (Lipinski definition) is 1. The van der Waals surface area contributed by atoms with Crippen LogP contribution in [0.4, 0.5) is 4.39 Å². The summed E-state index contributed by atoms with van der Waals surface area (Å²) in [5.41, 5.74) is 1.20. The summed E-state index contributed by atoms with van der Waals surface area (Å²) in [6, 6.07) is 7.35. The third kappa shape index (κ3) is 5.22. The topological polar surface area (TPSA) is 21.3 Å². The first-order valence-electron chi connectivity index (χ1n) is 7.87. The van der Waals surface area contributed by atoms with Gasteiger partial charge in [-0.1, -0.05) is 19.1 Å². The highest BCUT2D eigenvalue weighted by Crippen LogP contribution is 2.19. The van der Waals surface area contributed by atoms with Gasteiger partial charge in [-0.05, 0) is 62.8 Å². The van der Waals surface area contributed by atoms with E-state index in [-0.39, 0.29) is 5.82 Å². The Hall–Kier alpha value is -0.930. The molecule has 1 aromatic rings. The first kappa shape index (κ1) is 15.5. The Morgan fingerprint density at radius 3 is 2.80 bits per heavy atom. The van der Waals surface area contributed by atoms with Crippen LogP contribution < -0.4 is 5.32 Å². The van der Waals surface area contributed by atoms with Gasteiger partial charge >= 0.3 is 0 Å². The van der Waals surface area contributed by atoms with Crippen LogP contribution in [0.5, 0.6) is 0 Å². The molecule has 112 valence electrons. The minimum atomic E-state index is -0.160. The van der Waals surface area contributed by atoms with Crippen LogP contribution in [0.3, 0.4) is 0 Å². The van der Waals surface area contributed by atoms with E-state index in [0.717, 1.165) is 26.0 Å². The maximum atomic E-state index is 12.9. The molecule has 0 radical (unpaired) electrons. The SMILES string of the molecule is CCNC(CCCC1CCCO1)Cc1ccc(F)cc1. The Kier molecular flexibility index (Phi) is 6.48. The van der Waals surface area contributed by atoms with E-state index in [9.17, 15) is 4.39 Å². The molecule has 2 rings (SSSR count). The lowest BCUT2D eigenvalue weighted by molar-refractivity contribution is 0.101. The van der Waals surface area contributed by atoms with Crippen LogP contribution in [-0.4, -0.2) is 25.3 Å². The highest BCUT2D eigenvalue weighted by atomic mass is 19.1. The molecule has 1 fully saturated rings. The van der Waals surface area contributed by atoms with Gasteiger partial charge in [0.1, 0.15) is 5.82 Å². The second-order valence-corrected chi connectivity index (χ2v) is 5.65. The summed E-state index contributed by atoms with van der Waals surface area (Å²) in [6.07, 6.45) is 7.43. The Balaban J connectivity index is 1.75. The molecule has 1 aliphatic heterocycles. The predicted molar refractivity (Wildman–Crippen MR) is 80.4 cm³/mol. The third-order valence-corrected chi connectivity index (χ3v) is 3.99. The zero-order valence-electron chi connectivity index (χ0n) is 12.4. The first-order chi connectivity index (χ1) is 9.78. The van der Waals surface area contributed by atoms with E-state index in [0.29, 0.717) is 12.1 Å². The average Bonchev–Trinajstić information content (AvgIpc) is 2.95. The number of nitrogens with one attached hydrogen (secondary N) is 1. The van der Waals surface area contributed by atoms with Crippen molar-refractivity contribution < 1.29 is 9.13 Å². The van der Waals surface area contributed by atoms with Crippen molar-refractivity contribution in [2.45, 2.75) is 57.6 Å². The van der Waals surface area contributed by atoms with E-state index >= 15 is 0 Å². The second-order valence-electron chi connectivity index (χ2n) is 5.65. The molecule has 0 aliphatic carbocycles. The number of halogens is 1. The molecule has 2 nitrogen and oxygen atoms in total. The Bertz CT molecular complexity index is 373. The number of rotatable bonds is 8. The van der Waals surface area contributed by atoms with Crippen molar-refractivity contribution in [1.29, 1.82) is 0 Å².